The molecule has 0 saturated carbocycles. The zero-order valence-corrected chi connectivity index (χ0v) is 27.2. The lowest BCUT2D eigenvalue weighted by Crippen LogP contribution is -2.43. The Labute approximate surface area is 270 Å². The number of aromatic nitrogens is 2. The normalized spacial score (nSPS) is 14.7. The zero-order valence-electron chi connectivity index (χ0n) is 26.4. The van der Waals surface area contributed by atoms with Gasteiger partial charge >= 0.3 is 0 Å². The molecule has 8 nitrogen and oxygen atoms in total. The van der Waals surface area contributed by atoms with Gasteiger partial charge in [0, 0.05) is 46.9 Å². The second-order valence-corrected chi connectivity index (χ2v) is 12.0. The molecule has 0 unspecified atom stereocenters. The second-order valence-electron chi connectivity index (χ2n) is 11.0. The van der Waals surface area contributed by atoms with Crippen molar-refractivity contribution in [3.63, 3.8) is 0 Å². The lowest BCUT2D eigenvalue weighted by Gasteiger charge is -2.30. The fourth-order valence-corrected chi connectivity index (χ4v) is 7.13. The smallest absolute Gasteiger partial charge is 0.271 e. The Bertz CT molecular complexity index is 2170. The first kappa shape index (κ1) is 31.0. The number of benzene rings is 3. The van der Waals surface area contributed by atoms with Crippen LogP contribution in [0.4, 0.5) is 4.39 Å². The Morgan fingerprint density at radius 1 is 1.04 bits per heavy atom. The van der Waals surface area contributed by atoms with Crippen molar-refractivity contribution in [3.8, 4) is 11.5 Å². The molecular formula is C36H35FN4O4S. The number of carbonyl (C=O) groups is 1. The van der Waals surface area contributed by atoms with Gasteiger partial charge in [-0.2, -0.15) is 0 Å². The highest BCUT2D eigenvalue weighted by molar-refractivity contribution is 7.07. The lowest BCUT2D eigenvalue weighted by atomic mass is 9.93. The Kier molecular flexibility index (Phi) is 8.64. The molecule has 0 N–H and O–H groups in total. The molecule has 1 amide bonds. The highest BCUT2D eigenvalue weighted by Crippen LogP contribution is 2.38. The number of likely N-dealkylation sites (N-methyl/N-ethyl adjacent to an activating group) is 1. The van der Waals surface area contributed by atoms with Crippen molar-refractivity contribution >= 4 is 34.2 Å². The molecule has 0 aliphatic carbocycles. The van der Waals surface area contributed by atoms with Gasteiger partial charge in [0.2, 0.25) is 0 Å². The van der Waals surface area contributed by atoms with Gasteiger partial charge in [0.1, 0.15) is 23.4 Å². The summed E-state index contributed by atoms with van der Waals surface area (Å²) in [5.41, 5.74) is 3.62. The number of allylic oxidation sites excluding steroid dienone is 1. The monoisotopic (exact) mass is 638 g/mol. The molecule has 0 fully saturated rings. The van der Waals surface area contributed by atoms with E-state index in [-0.39, 0.29) is 17.3 Å². The molecule has 0 radical (unpaired) electrons. The molecule has 5 aromatic rings. The summed E-state index contributed by atoms with van der Waals surface area (Å²) in [6, 6.07) is 19.2. The van der Waals surface area contributed by atoms with Crippen molar-refractivity contribution in [3.05, 3.63) is 126 Å². The third-order valence-corrected chi connectivity index (χ3v) is 9.42. The van der Waals surface area contributed by atoms with Crippen LogP contribution in [0.2, 0.25) is 0 Å². The maximum absolute atomic E-state index is 14.6. The molecule has 0 saturated heterocycles. The van der Waals surface area contributed by atoms with Crippen molar-refractivity contribution in [2.75, 3.05) is 27.3 Å². The number of fused-ring (bicyclic) bond motifs is 2. The summed E-state index contributed by atoms with van der Waals surface area (Å²) in [7, 11) is 3.14. The fraction of sp³-hybridized carbons (Fsp3) is 0.250. The van der Waals surface area contributed by atoms with Crippen LogP contribution < -0.4 is 24.4 Å². The minimum Gasteiger partial charge on any atom is -0.497 e. The number of halogens is 1. The van der Waals surface area contributed by atoms with Crippen LogP contribution in [0.5, 0.6) is 11.5 Å². The van der Waals surface area contributed by atoms with Gasteiger partial charge in [-0.15, -0.1) is 0 Å². The molecule has 6 rings (SSSR count). The van der Waals surface area contributed by atoms with E-state index in [0.717, 1.165) is 16.5 Å². The summed E-state index contributed by atoms with van der Waals surface area (Å²) >= 11 is 1.27. The topological polar surface area (TPSA) is 78.1 Å². The average Bonchev–Trinajstić information content (AvgIpc) is 3.57. The van der Waals surface area contributed by atoms with Gasteiger partial charge < -0.3 is 18.9 Å². The number of thiazole rings is 1. The number of hydrogen-bond donors (Lipinski definition) is 0. The summed E-state index contributed by atoms with van der Waals surface area (Å²) < 4.78 is 29.9. The second kappa shape index (κ2) is 12.8. The summed E-state index contributed by atoms with van der Waals surface area (Å²) in [6.45, 7) is 7.02. The van der Waals surface area contributed by atoms with Crippen molar-refractivity contribution in [1.82, 2.24) is 14.0 Å². The Morgan fingerprint density at radius 3 is 2.50 bits per heavy atom. The summed E-state index contributed by atoms with van der Waals surface area (Å²) in [6.07, 6.45) is 3.80. The molecule has 0 spiro atoms. The molecule has 46 heavy (non-hydrogen) atoms. The molecule has 2 aromatic heterocycles. The van der Waals surface area contributed by atoms with Crippen LogP contribution in [-0.4, -0.2) is 47.3 Å². The zero-order chi connectivity index (χ0) is 32.5. The number of ether oxygens (including phenoxy) is 2. The highest BCUT2D eigenvalue weighted by Gasteiger charge is 2.36. The number of methoxy groups -OCH3 is 2. The first-order valence-electron chi connectivity index (χ1n) is 15.1. The molecule has 0 bridgehead atoms. The third kappa shape index (κ3) is 5.43. The van der Waals surface area contributed by atoms with E-state index in [1.54, 1.807) is 48.0 Å². The minimum atomic E-state index is -0.793. The fourth-order valence-electron chi connectivity index (χ4n) is 6.10. The van der Waals surface area contributed by atoms with E-state index in [9.17, 15) is 14.0 Å². The number of nitrogens with zero attached hydrogens (tertiary/aromatic N) is 4. The third-order valence-electron chi connectivity index (χ3n) is 8.44. The first-order chi connectivity index (χ1) is 22.3. The van der Waals surface area contributed by atoms with E-state index in [2.05, 4.69) is 0 Å². The number of hydrogen-bond acceptors (Lipinski definition) is 6. The number of rotatable bonds is 9. The van der Waals surface area contributed by atoms with Gasteiger partial charge in [0.05, 0.1) is 36.6 Å². The highest BCUT2D eigenvalue weighted by atomic mass is 32.1. The van der Waals surface area contributed by atoms with E-state index in [0.29, 0.717) is 62.9 Å². The van der Waals surface area contributed by atoms with Crippen molar-refractivity contribution in [1.29, 1.82) is 0 Å². The molecule has 1 aliphatic rings. The molecular weight excluding hydrogens is 603 g/mol. The van der Waals surface area contributed by atoms with Crippen LogP contribution in [-0.2, 0) is 11.3 Å². The molecule has 1 atom stereocenters. The van der Waals surface area contributed by atoms with Crippen molar-refractivity contribution in [2.24, 2.45) is 4.99 Å². The van der Waals surface area contributed by atoms with Gasteiger partial charge in [-0.25, -0.2) is 9.38 Å². The van der Waals surface area contributed by atoms with Crippen LogP contribution in [0.3, 0.4) is 0 Å². The van der Waals surface area contributed by atoms with E-state index < -0.39 is 6.04 Å². The Morgan fingerprint density at radius 2 is 1.78 bits per heavy atom. The van der Waals surface area contributed by atoms with Gasteiger partial charge in [-0.1, -0.05) is 47.7 Å². The van der Waals surface area contributed by atoms with Crippen LogP contribution >= 0.6 is 11.3 Å². The largest absolute Gasteiger partial charge is 0.497 e. The molecule has 236 valence electrons. The summed E-state index contributed by atoms with van der Waals surface area (Å²) in [5.74, 6) is 0.640. The SMILES string of the molecule is CCN(CC)C(=O)C1=C(C)N=c2s/c(=C/c3cn(Cc4ccccc4F)c4ccccc34)c(=O)n2[C@@H]1c1cc(OC)ccc1OC. The number of carbonyl (C=O) groups excluding carboxylic acids is 1. The van der Waals surface area contributed by atoms with Crippen LogP contribution in [0.25, 0.3) is 17.0 Å². The summed E-state index contributed by atoms with van der Waals surface area (Å²) in [5, 5.41) is 0.935. The van der Waals surface area contributed by atoms with E-state index in [1.807, 2.05) is 74.0 Å². The average molecular weight is 639 g/mol. The van der Waals surface area contributed by atoms with Crippen LogP contribution in [0.15, 0.2) is 94.0 Å². The van der Waals surface area contributed by atoms with Gasteiger partial charge in [-0.05, 0) is 57.2 Å². The first-order valence-corrected chi connectivity index (χ1v) is 16.0. The standard InChI is InChI=1S/C36H35FN4O4S/c1-6-39(7-2)35(43)32-22(3)38-36-41(33(32)27-19-25(44-4)16-17-30(27)45-5)34(42)31(46-36)18-24-21-40(29-15-11-9-13-26(24)29)20-23-12-8-10-14-28(23)37/h8-19,21,33H,6-7,20H2,1-5H3/b31-18+/t33-/m1/s1. The van der Waals surface area contributed by atoms with Crippen molar-refractivity contribution < 1.29 is 18.7 Å². The number of para-hydroxylation sites is 1. The van der Waals surface area contributed by atoms with Crippen LogP contribution in [0, 0.1) is 5.82 Å². The predicted octanol–water partition coefficient (Wildman–Crippen LogP) is 5.26. The van der Waals surface area contributed by atoms with Gasteiger partial charge in [-0.3, -0.25) is 14.2 Å². The number of amides is 1. The van der Waals surface area contributed by atoms with Gasteiger partial charge in [0.25, 0.3) is 11.5 Å². The van der Waals surface area contributed by atoms with Crippen LogP contribution in [0.1, 0.15) is 43.5 Å². The molecule has 3 aromatic carbocycles. The maximum Gasteiger partial charge on any atom is 0.271 e. The van der Waals surface area contributed by atoms with Gasteiger partial charge in [0.15, 0.2) is 4.80 Å². The van der Waals surface area contributed by atoms with E-state index in [1.165, 1.54) is 17.4 Å². The quantitative estimate of drug-likeness (QED) is 0.221. The Hall–Kier alpha value is -4.96. The Balaban J connectivity index is 1.56. The minimum absolute atomic E-state index is 0.188. The predicted molar refractivity (Wildman–Crippen MR) is 179 cm³/mol. The lowest BCUT2D eigenvalue weighted by molar-refractivity contribution is -0.127. The summed E-state index contributed by atoms with van der Waals surface area (Å²) in [4.78, 5) is 35.5. The van der Waals surface area contributed by atoms with E-state index in [4.69, 9.17) is 14.5 Å². The molecule has 10 heteroatoms. The molecule has 1 aliphatic heterocycles. The molecule has 3 heterocycles. The van der Waals surface area contributed by atoms with E-state index >= 15 is 0 Å². The maximum atomic E-state index is 14.6. The van der Waals surface area contributed by atoms with Crippen molar-refractivity contribution in [2.45, 2.75) is 33.4 Å².